The molecule has 0 spiro atoms. The van der Waals surface area contributed by atoms with Crippen molar-refractivity contribution in [1.29, 1.82) is 0 Å². The molecule has 0 saturated carbocycles. The van der Waals surface area contributed by atoms with Crippen molar-refractivity contribution < 1.29 is 23.6 Å². The first kappa shape index (κ1) is 19.2. The third-order valence-corrected chi connectivity index (χ3v) is 3.70. The van der Waals surface area contributed by atoms with Gasteiger partial charge in [0.25, 0.3) is 5.91 Å². The molecule has 0 aliphatic rings. The quantitative estimate of drug-likeness (QED) is 0.558. The number of nitrogens with zero attached hydrogens (tertiary/aromatic N) is 2. The molecular weight excluding hydrogens is 343 g/mol. The van der Waals surface area contributed by atoms with Gasteiger partial charge in [0.05, 0.1) is 18.1 Å². The molecule has 8 heteroatoms. The smallest absolute Gasteiger partial charge is 0.314 e. The van der Waals surface area contributed by atoms with Crippen molar-refractivity contribution in [3.63, 3.8) is 0 Å². The van der Waals surface area contributed by atoms with Crippen LogP contribution in [0.1, 0.15) is 12.5 Å². The molecule has 0 saturated heterocycles. The molecule has 0 aliphatic carbocycles. The molecule has 2 aromatic carbocycles. The molecule has 26 heavy (non-hydrogen) atoms. The van der Waals surface area contributed by atoms with E-state index in [0.717, 1.165) is 0 Å². The van der Waals surface area contributed by atoms with Crippen molar-refractivity contribution >= 4 is 11.6 Å². The molecule has 138 valence electrons. The van der Waals surface area contributed by atoms with Crippen molar-refractivity contribution in [3.05, 3.63) is 64.0 Å². The van der Waals surface area contributed by atoms with Crippen LogP contribution in [0.5, 0.6) is 11.5 Å². The van der Waals surface area contributed by atoms with Crippen LogP contribution in [0, 0.1) is 15.9 Å². The Labute approximate surface area is 150 Å². The predicted molar refractivity (Wildman–Crippen MR) is 92.6 cm³/mol. The Kier molecular flexibility index (Phi) is 6.11. The van der Waals surface area contributed by atoms with Crippen LogP contribution >= 0.6 is 0 Å². The molecule has 0 radical (unpaired) electrons. The normalized spacial score (nSPS) is 11.5. The zero-order chi connectivity index (χ0) is 19.3. The molecule has 0 unspecified atom stereocenters. The van der Waals surface area contributed by atoms with E-state index in [2.05, 4.69) is 0 Å². The first-order valence-corrected chi connectivity index (χ1v) is 7.80. The van der Waals surface area contributed by atoms with Crippen molar-refractivity contribution in [1.82, 2.24) is 4.90 Å². The minimum absolute atomic E-state index is 0.0317. The standard InChI is InChI=1S/C18H19FN2O5/c1-12(18(22)20(2)11-13-5-4-6-14(19)9-13)26-17-8-7-15(25-3)10-16(17)21(23)24/h4-10,12H,11H2,1-3H3/t12-/m0/s1. The second-order valence-electron chi connectivity index (χ2n) is 5.68. The summed E-state index contributed by atoms with van der Waals surface area (Å²) in [7, 11) is 2.95. The van der Waals surface area contributed by atoms with E-state index in [4.69, 9.17) is 9.47 Å². The summed E-state index contributed by atoms with van der Waals surface area (Å²) in [6, 6.07) is 10.0. The highest BCUT2D eigenvalue weighted by atomic mass is 19.1. The Balaban J connectivity index is 2.10. The molecule has 0 heterocycles. The summed E-state index contributed by atoms with van der Waals surface area (Å²) in [6.07, 6.45) is -0.958. The first-order valence-electron chi connectivity index (χ1n) is 7.80. The number of benzene rings is 2. The van der Waals surface area contributed by atoms with Gasteiger partial charge < -0.3 is 14.4 Å². The average Bonchev–Trinajstić information content (AvgIpc) is 2.61. The van der Waals surface area contributed by atoms with Gasteiger partial charge >= 0.3 is 5.69 Å². The van der Waals surface area contributed by atoms with Gasteiger partial charge in [-0.2, -0.15) is 0 Å². The third kappa shape index (κ3) is 4.69. The van der Waals surface area contributed by atoms with Gasteiger partial charge in [0.2, 0.25) is 0 Å². The topological polar surface area (TPSA) is 81.9 Å². The second-order valence-corrected chi connectivity index (χ2v) is 5.68. The predicted octanol–water partition coefficient (Wildman–Crippen LogP) is 3.17. The summed E-state index contributed by atoms with van der Waals surface area (Å²) in [4.78, 5) is 24.4. The lowest BCUT2D eigenvalue weighted by Crippen LogP contribution is -2.37. The molecule has 2 aromatic rings. The Morgan fingerprint density at radius 3 is 2.65 bits per heavy atom. The van der Waals surface area contributed by atoms with E-state index < -0.39 is 11.0 Å². The van der Waals surface area contributed by atoms with E-state index in [-0.39, 0.29) is 29.7 Å². The molecule has 2 rings (SSSR count). The van der Waals surface area contributed by atoms with Crippen molar-refractivity contribution in [3.8, 4) is 11.5 Å². The fourth-order valence-corrected chi connectivity index (χ4v) is 2.40. The highest BCUT2D eigenvalue weighted by Crippen LogP contribution is 2.31. The van der Waals surface area contributed by atoms with Gasteiger partial charge in [-0.15, -0.1) is 0 Å². The molecule has 0 bridgehead atoms. The van der Waals surface area contributed by atoms with Crippen LogP contribution in [0.4, 0.5) is 10.1 Å². The summed E-state index contributed by atoms with van der Waals surface area (Å²) >= 11 is 0. The van der Waals surface area contributed by atoms with Gasteiger partial charge in [-0.3, -0.25) is 14.9 Å². The summed E-state index contributed by atoms with van der Waals surface area (Å²) in [5, 5.41) is 11.2. The van der Waals surface area contributed by atoms with Gasteiger partial charge in [-0.05, 0) is 36.8 Å². The number of rotatable bonds is 7. The van der Waals surface area contributed by atoms with Crippen LogP contribution < -0.4 is 9.47 Å². The minimum atomic E-state index is -0.958. The molecular formula is C18H19FN2O5. The van der Waals surface area contributed by atoms with Gasteiger partial charge in [-0.1, -0.05) is 12.1 Å². The van der Waals surface area contributed by atoms with E-state index in [1.54, 1.807) is 19.2 Å². The maximum atomic E-state index is 13.2. The Morgan fingerprint density at radius 1 is 1.31 bits per heavy atom. The molecule has 0 aromatic heterocycles. The van der Waals surface area contributed by atoms with Gasteiger partial charge in [0.15, 0.2) is 11.9 Å². The zero-order valence-corrected chi connectivity index (χ0v) is 14.6. The monoisotopic (exact) mass is 362 g/mol. The van der Waals surface area contributed by atoms with E-state index in [1.165, 1.54) is 49.3 Å². The SMILES string of the molecule is COc1ccc(O[C@@H](C)C(=O)N(C)Cc2cccc(F)c2)c([N+](=O)[O-])c1. The minimum Gasteiger partial charge on any atom is -0.496 e. The first-order chi connectivity index (χ1) is 12.3. The summed E-state index contributed by atoms with van der Waals surface area (Å²) in [6.45, 7) is 1.69. The third-order valence-electron chi connectivity index (χ3n) is 3.70. The number of nitro benzene ring substituents is 1. The van der Waals surface area contributed by atoms with Crippen molar-refractivity contribution in [2.75, 3.05) is 14.2 Å². The maximum absolute atomic E-state index is 13.2. The van der Waals surface area contributed by atoms with E-state index in [1.807, 2.05) is 0 Å². The lowest BCUT2D eigenvalue weighted by molar-refractivity contribution is -0.386. The molecule has 7 nitrogen and oxygen atoms in total. The summed E-state index contributed by atoms with van der Waals surface area (Å²) in [5.74, 6) is -0.497. The summed E-state index contributed by atoms with van der Waals surface area (Å²) < 4.78 is 23.7. The van der Waals surface area contributed by atoms with E-state index in [9.17, 15) is 19.3 Å². The maximum Gasteiger partial charge on any atom is 0.314 e. The highest BCUT2D eigenvalue weighted by molar-refractivity contribution is 5.80. The number of ether oxygens (including phenoxy) is 2. The Morgan fingerprint density at radius 2 is 2.04 bits per heavy atom. The number of carbonyl (C=O) groups excluding carboxylic acids is 1. The number of hydrogen-bond acceptors (Lipinski definition) is 5. The van der Waals surface area contributed by atoms with Gasteiger partial charge in [0.1, 0.15) is 11.6 Å². The van der Waals surface area contributed by atoms with Gasteiger partial charge in [0, 0.05) is 13.6 Å². The van der Waals surface area contributed by atoms with Crippen LogP contribution in [0.2, 0.25) is 0 Å². The molecule has 0 N–H and O–H groups in total. The number of halogens is 1. The fourth-order valence-electron chi connectivity index (χ4n) is 2.40. The molecule has 0 fully saturated rings. The van der Waals surface area contributed by atoms with Crippen LogP contribution in [-0.4, -0.2) is 36.0 Å². The number of amides is 1. The Hall–Kier alpha value is -3.16. The van der Waals surface area contributed by atoms with Gasteiger partial charge in [-0.25, -0.2) is 4.39 Å². The van der Waals surface area contributed by atoms with Crippen molar-refractivity contribution in [2.45, 2.75) is 19.6 Å². The largest absolute Gasteiger partial charge is 0.496 e. The lowest BCUT2D eigenvalue weighted by atomic mass is 10.2. The fraction of sp³-hybridized carbons (Fsp3) is 0.278. The molecule has 1 atom stereocenters. The average molecular weight is 362 g/mol. The number of methoxy groups -OCH3 is 1. The second kappa shape index (κ2) is 8.28. The molecule has 1 amide bonds. The highest BCUT2D eigenvalue weighted by Gasteiger charge is 2.24. The molecule has 0 aliphatic heterocycles. The summed E-state index contributed by atoms with van der Waals surface area (Å²) in [5.41, 5.74) is 0.334. The van der Waals surface area contributed by atoms with Crippen molar-refractivity contribution in [2.24, 2.45) is 0 Å². The number of carbonyl (C=O) groups is 1. The lowest BCUT2D eigenvalue weighted by Gasteiger charge is -2.22. The van der Waals surface area contributed by atoms with Crippen LogP contribution in [0.15, 0.2) is 42.5 Å². The number of nitro groups is 1. The van der Waals surface area contributed by atoms with Crippen LogP contribution in [-0.2, 0) is 11.3 Å². The zero-order valence-electron chi connectivity index (χ0n) is 14.6. The van der Waals surface area contributed by atoms with Crippen LogP contribution in [0.25, 0.3) is 0 Å². The number of hydrogen-bond donors (Lipinski definition) is 0. The number of likely N-dealkylation sites (N-methyl/N-ethyl adjacent to an activating group) is 1. The Bertz CT molecular complexity index is 812. The van der Waals surface area contributed by atoms with E-state index in [0.29, 0.717) is 11.3 Å². The van der Waals surface area contributed by atoms with E-state index >= 15 is 0 Å². The van der Waals surface area contributed by atoms with Crippen LogP contribution in [0.3, 0.4) is 0 Å².